The number of rotatable bonds is 4. The van der Waals surface area contributed by atoms with Crippen LogP contribution in [0.3, 0.4) is 0 Å². The largest absolute Gasteiger partial charge is 0.372 e. The number of piperidine rings is 1. The van der Waals surface area contributed by atoms with Crippen LogP contribution in [-0.4, -0.2) is 23.2 Å². The second-order valence-corrected chi connectivity index (χ2v) is 6.17. The van der Waals surface area contributed by atoms with Crippen molar-refractivity contribution in [2.24, 2.45) is 0 Å². The summed E-state index contributed by atoms with van der Waals surface area (Å²) in [4.78, 5) is 6.45. The van der Waals surface area contributed by atoms with E-state index in [2.05, 4.69) is 44.8 Å². The Hall–Kier alpha value is -2.14. The van der Waals surface area contributed by atoms with Crippen LogP contribution < -0.4 is 15.5 Å². The summed E-state index contributed by atoms with van der Waals surface area (Å²) in [6, 6.07) is 12.5. The number of nitrogens with one attached hydrogen (secondary N) is 2. The van der Waals surface area contributed by atoms with Gasteiger partial charge in [0.2, 0.25) is 0 Å². The minimum atomic E-state index is 0.622. The zero-order valence-corrected chi connectivity index (χ0v) is 14.0. The van der Waals surface area contributed by atoms with Crippen LogP contribution in [0.1, 0.15) is 24.8 Å². The molecule has 1 aliphatic heterocycles. The Morgan fingerprint density at radius 3 is 2.39 bits per heavy atom. The molecule has 23 heavy (non-hydrogen) atoms. The maximum Gasteiger partial charge on any atom is 0.171 e. The molecular formula is C18H22N4S. The Bertz CT molecular complexity index is 621. The number of thiocarbonyl (C=S) groups is 1. The van der Waals surface area contributed by atoms with Crippen molar-refractivity contribution in [3.63, 3.8) is 0 Å². The Labute approximate surface area is 142 Å². The molecule has 5 heteroatoms. The molecule has 3 rings (SSSR count). The molecule has 0 amide bonds. The lowest BCUT2D eigenvalue weighted by molar-refractivity contribution is 0.578. The Balaban J connectivity index is 1.49. The first kappa shape index (κ1) is 15.7. The molecule has 0 saturated carbocycles. The maximum atomic E-state index is 5.31. The van der Waals surface area contributed by atoms with Crippen molar-refractivity contribution in [3.05, 3.63) is 54.4 Å². The highest BCUT2D eigenvalue weighted by atomic mass is 32.1. The van der Waals surface area contributed by atoms with Gasteiger partial charge in [0.1, 0.15) is 0 Å². The van der Waals surface area contributed by atoms with Crippen LogP contribution in [0, 0.1) is 0 Å². The summed E-state index contributed by atoms with van der Waals surface area (Å²) in [5.74, 6) is 0. The van der Waals surface area contributed by atoms with E-state index >= 15 is 0 Å². The van der Waals surface area contributed by atoms with Crippen molar-refractivity contribution in [1.29, 1.82) is 0 Å². The molecule has 2 aromatic rings. The number of pyridine rings is 1. The summed E-state index contributed by atoms with van der Waals surface area (Å²) < 4.78 is 0. The zero-order chi connectivity index (χ0) is 15.9. The van der Waals surface area contributed by atoms with Crippen molar-refractivity contribution < 1.29 is 0 Å². The van der Waals surface area contributed by atoms with E-state index < -0.39 is 0 Å². The van der Waals surface area contributed by atoms with E-state index in [0.29, 0.717) is 5.11 Å². The fourth-order valence-electron chi connectivity index (χ4n) is 2.77. The molecule has 0 radical (unpaired) electrons. The lowest BCUT2D eigenvalue weighted by atomic mass is 10.1. The van der Waals surface area contributed by atoms with Gasteiger partial charge in [-0.2, -0.15) is 0 Å². The fourth-order valence-corrected chi connectivity index (χ4v) is 2.96. The molecule has 1 fully saturated rings. The number of hydrogen-bond acceptors (Lipinski definition) is 3. The molecule has 0 atom stereocenters. The number of anilines is 2. The van der Waals surface area contributed by atoms with Gasteiger partial charge in [-0.25, -0.2) is 0 Å². The van der Waals surface area contributed by atoms with E-state index in [1.165, 1.54) is 43.6 Å². The van der Waals surface area contributed by atoms with E-state index in [1.54, 1.807) is 12.4 Å². The quantitative estimate of drug-likeness (QED) is 0.841. The smallest absolute Gasteiger partial charge is 0.171 e. The molecule has 120 valence electrons. The predicted molar refractivity (Wildman–Crippen MR) is 99.8 cm³/mol. The number of aromatic nitrogens is 1. The van der Waals surface area contributed by atoms with Gasteiger partial charge >= 0.3 is 0 Å². The van der Waals surface area contributed by atoms with Gasteiger partial charge in [0.15, 0.2) is 5.11 Å². The highest BCUT2D eigenvalue weighted by Crippen LogP contribution is 2.20. The average molecular weight is 326 g/mol. The maximum absolute atomic E-state index is 5.31. The van der Waals surface area contributed by atoms with Crippen LogP contribution in [0.15, 0.2) is 48.8 Å². The lowest BCUT2D eigenvalue weighted by Crippen LogP contribution is -2.29. The third-order valence-electron chi connectivity index (χ3n) is 4.05. The van der Waals surface area contributed by atoms with E-state index in [4.69, 9.17) is 12.2 Å². The average Bonchev–Trinajstić information content (AvgIpc) is 2.62. The van der Waals surface area contributed by atoms with E-state index in [0.717, 1.165) is 12.2 Å². The van der Waals surface area contributed by atoms with Gasteiger partial charge in [-0.3, -0.25) is 4.98 Å². The number of nitrogens with zero attached hydrogens (tertiary/aromatic N) is 2. The predicted octanol–water partition coefficient (Wildman–Crippen LogP) is 3.56. The Kier molecular flexibility index (Phi) is 5.42. The van der Waals surface area contributed by atoms with Gasteiger partial charge < -0.3 is 15.5 Å². The van der Waals surface area contributed by atoms with Crippen molar-refractivity contribution in [1.82, 2.24) is 10.3 Å². The molecule has 1 aromatic carbocycles. The van der Waals surface area contributed by atoms with Gasteiger partial charge in [0.25, 0.3) is 0 Å². The summed E-state index contributed by atoms with van der Waals surface area (Å²) in [5, 5.41) is 7.00. The van der Waals surface area contributed by atoms with Gasteiger partial charge in [-0.15, -0.1) is 0 Å². The van der Waals surface area contributed by atoms with E-state index in [-0.39, 0.29) is 0 Å². The first-order valence-electron chi connectivity index (χ1n) is 8.10. The highest BCUT2D eigenvalue weighted by molar-refractivity contribution is 7.80. The molecule has 1 aliphatic rings. The van der Waals surface area contributed by atoms with Crippen molar-refractivity contribution >= 4 is 28.7 Å². The van der Waals surface area contributed by atoms with Crippen LogP contribution in [-0.2, 0) is 6.54 Å². The normalized spacial score (nSPS) is 14.3. The molecule has 4 nitrogen and oxygen atoms in total. The van der Waals surface area contributed by atoms with Gasteiger partial charge in [-0.1, -0.05) is 12.1 Å². The second-order valence-electron chi connectivity index (χ2n) is 5.76. The first-order valence-corrected chi connectivity index (χ1v) is 8.51. The third-order valence-corrected chi connectivity index (χ3v) is 4.30. The topological polar surface area (TPSA) is 40.2 Å². The minimum absolute atomic E-state index is 0.622. The zero-order valence-electron chi connectivity index (χ0n) is 13.2. The Morgan fingerprint density at radius 2 is 1.70 bits per heavy atom. The molecule has 2 heterocycles. The monoisotopic (exact) mass is 326 g/mol. The number of hydrogen-bond donors (Lipinski definition) is 2. The molecule has 0 bridgehead atoms. The van der Waals surface area contributed by atoms with E-state index in [9.17, 15) is 0 Å². The van der Waals surface area contributed by atoms with Gasteiger partial charge in [0, 0.05) is 43.4 Å². The van der Waals surface area contributed by atoms with Crippen molar-refractivity contribution in [2.75, 3.05) is 23.3 Å². The first-order chi connectivity index (χ1) is 11.3. The third kappa shape index (κ3) is 4.66. The van der Waals surface area contributed by atoms with Crippen LogP contribution >= 0.6 is 12.2 Å². The fraction of sp³-hybridized carbons (Fsp3) is 0.333. The summed E-state index contributed by atoms with van der Waals surface area (Å²) in [6.45, 7) is 3.08. The Morgan fingerprint density at radius 1 is 1.00 bits per heavy atom. The van der Waals surface area contributed by atoms with E-state index in [1.807, 2.05) is 12.1 Å². The summed E-state index contributed by atoms with van der Waals surface area (Å²) in [5.41, 5.74) is 3.49. The summed E-state index contributed by atoms with van der Waals surface area (Å²) in [7, 11) is 0. The van der Waals surface area contributed by atoms with Crippen molar-refractivity contribution in [2.45, 2.75) is 25.8 Å². The molecule has 2 N–H and O–H groups in total. The molecular weight excluding hydrogens is 304 g/mol. The molecule has 1 saturated heterocycles. The van der Waals surface area contributed by atoms with Crippen LogP contribution in [0.4, 0.5) is 11.4 Å². The van der Waals surface area contributed by atoms with Crippen LogP contribution in [0.25, 0.3) is 0 Å². The van der Waals surface area contributed by atoms with Crippen molar-refractivity contribution in [3.8, 4) is 0 Å². The standard InChI is InChI=1S/C18H22N4S/c23-18(21-16-8-10-19-11-9-16)20-14-15-4-6-17(7-5-15)22-12-2-1-3-13-22/h4-11H,1-3,12-14H2,(H2,19,20,21,23). The lowest BCUT2D eigenvalue weighted by Gasteiger charge is -2.28. The van der Waals surface area contributed by atoms with Gasteiger partial charge in [0.05, 0.1) is 0 Å². The SMILES string of the molecule is S=C(NCc1ccc(N2CCCCC2)cc1)Nc1ccncc1. The molecule has 1 aromatic heterocycles. The van der Waals surface area contributed by atoms with Gasteiger partial charge in [-0.05, 0) is 61.3 Å². The molecule has 0 spiro atoms. The summed E-state index contributed by atoms with van der Waals surface area (Å²) >= 11 is 5.31. The summed E-state index contributed by atoms with van der Waals surface area (Å²) in [6.07, 6.45) is 7.45. The molecule has 0 unspecified atom stereocenters. The molecule has 0 aliphatic carbocycles. The second kappa shape index (κ2) is 7.92. The highest BCUT2D eigenvalue weighted by Gasteiger charge is 2.10. The minimum Gasteiger partial charge on any atom is -0.372 e. The number of benzene rings is 1. The van der Waals surface area contributed by atoms with Crippen LogP contribution in [0.5, 0.6) is 0 Å². The van der Waals surface area contributed by atoms with Crippen LogP contribution in [0.2, 0.25) is 0 Å².